The Kier molecular flexibility index (Phi) is 2.28. The summed E-state index contributed by atoms with van der Waals surface area (Å²) in [5.74, 6) is 0.388. The molecule has 0 amide bonds. The van der Waals surface area contributed by atoms with Crippen molar-refractivity contribution in [2.75, 3.05) is 0 Å². The molecule has 1 unspecified atom stereocenters. The maximum Gasteiger partial charge on any atom is 0.123 e. The van der Waals surface area contributed by atoms with E-state index in [1.165, 1.54) is 24.0 Å². The quantitative estimate of drug-likeness (QED) is 0.812. The van der Waals surface area contributed by atoms with Crippen molar-refractivity contribution in [3.05, 3.63) is 35.1 Å². The summed E-state index contributed by atoms with van der Waals surface area (Å²) in [5, 5.41) is 0. The summed E-state index contributed by atoms with van der Waals surface area (Å²) in [5.41, 5.74) is 8.81. The number of benzene rings is 1. The fourth-order valence-electron chi connectivity index (χ4n) is 2.94. The lowest BCUT2D eigenvalue weighted by Gasteiger charge is -2.27. The zero-order valence-electron chi connectivity index (χ0n) is 9.51. The van der Waals surface area contributed by atoms with Gasteiger partial charge in [-0.2, -0.15) is 0 Å². The third-order valence-corrected chi connectivity index (χ3v) is 4.09. The smallest absolute Gasteiger partial charge is 0.123 e. The monoisotopic (exact) mass is 219 g/mol. The van der Waals surface area contributed by atoms with Crippen molar-refractivity contribution in [3.63, 3.8) is 0 Å². The van der Waals surface area contributed by atoms with Crippen LogP contribution in [-0.2, 0) is 6.42 Å². The molecule has 2 aliphatic rings. The molecule has 1 aromatic rings. The molecule has 0 radical (unpaired) electrons. The molecule has 1 nitrogen and oxygen atoms in total. The summed E-state index contributed by atoms with van der Waals surface area (Å²) in [6.45, 7) is 0. The molecule has 1 aromatic carbocycles. The summed E-state index contributed by atoms with van der Waals surface area (Å²) in [6.07, 6.45) is 6.84. The Balaban J connectivity index is 1.89. The van der Waals surface area contributed by atoms with Gasteiger partial charge in [0.2, 0.25) is 0 Å². The first kappa shape index (κ1) is 10.3. The third-order valence-electron chi connectivity index (χ3n) is 4.09. The van der Waals surface area contributed by atoms with Gasteiger partial charge in [0.05, 0.1) is 0 Å². The van der Waals surface area contributed by atoms with Crippen molar-refractivity contribution in [2.45, 2.75) is 50.0 Å². The second kappa shape index (κ2) is 3.56. The van der Waals surface area contributed by atoms with Crippen LogP contribution in [0.5, 0.6) is 0 Å². The lowest BCUT2D eigenvalue weighted by atomic mass is 9.79. The highest BCUT2D eigenvalue weighted by atomic mass is 19.1. The van der Waals surface area contributed by atoms with E-state index >= 15 is 0 Å². The Morgan fingerprint density at radius 3 is 2.94 bits per heavy atom. The third kappa shape index (κ3) is 1.86. The van der Waals surface area contributed by atoms with E-state index in [2.05, 4.69) is 0 Å². The number of fused-ring (bicyclic) bond motifs is 1. The number of hydrogen-bond donors (Lipinski definition) is 1. The van der Waals surface area contributed by atoms with Gasteiger partial charge in [-0.1, -0.05) is 6.07 Å². The van der Waals surface area contributed by atoms with Crippen molar-refractivity contribution in [1.82, 2.24) is 0 Å². The first-order chi connectivity index (χ1) is 7.66. The van der Waals surface area contributed by atoms with Gasteiger partial charge in [-0.25, -0.2) is 4.39 Å². The molecule has 86 valence electrons. The van der Waals surface area contributed by atoms with Gasteiger partial charge in [0.25, 0.3) is 0 Å². The van der Waals surface area contributed by atoms with Crippen LogP contribution in [0.2, 0.25) is 0 Å². The Hall–Kier alpha value is -0.890. The first-order valence-electron chi connectivity index (χ1n) is 6.24. The van der Waals surface area contributed by atoms with E-state index in [4.69, 9.17) is 5.73 Å². The van der Waals surface area contributed by atoms with E-state index in [0.717, 1.165) is 25.7 Å². The van der Waals surface area contributed by atoms with Crippen molar-refractivity contribution in [2.24, 2.45) is 5.73 Å². The van der Waals surface area contributed by atoms with E-state index in [0.29, 0.717) is 5.92 Å². The summed E-state index contributed by atoms with van der Waals surface area (Å²) in [6, 6.07) is 5.26. The van der Waals surface area contributed by atoms with Gasteiger partial charge in [-0.05, 0) is 67.7 Å². The number of nitrogens with two attached hydrogens (primary N) is 1. The van der Waals surface area contributed by atoms with Crippen molar-refractivity contribution < 1.29 is 4.39 Å². The summed E-state index contributed by atoms with van der Waals surface area (Å²) in [7, 11) is 0. The minimum Gasteiger partial charge on any atom is -0.325 e. The normalized spacial score (nSPS) is 26.2. The molecular weight excluding hydrogens is 201 g/mol. The average molecular weight is 219 g/mol. The van der Waals surface area contributed by atoms with Crippen molar-refractivity contribution in [1.29, 1.82) is 0 Å². The van der Waals surface area contributed by atoms with Crippen LogP contribution in [0.25, 0.3) is 0 Å². The molecule has 2 heteroatoms. The molecule has 3 rings (SSSR count). The van der Waals surface area contributed by atoms with E-state index in [1.807, 2.05) is 6.07 Å². The topological polar surface area (TPSA) is 26.0 Å². The fourth-order valence-corrected chi connectivity index (χ4v) is 2.94. The molecule has 0 aliphatic heterocycles. The van der Waals surface area contributed by atoms with E-state index in [-0.39, 0.29) is 11.4 Å². The lowest BCUT2D eigenvalue weighted by Crippen LogP contribution is -2.26. The van der Waals surface area contributed by atoms with Crippen LogP contribution in [0, 0.1) is 5.82 Å². The molecule has 0 heterocycles. The van der Waals surface area contributed by atoms with Gasteiger partial charge in [0.15, 0.2) is 0 Å². The molecule has 0 aromatic heterocycles. The second-order valence-electron chi connectivity index (χ2n) is 5.50. The molecule has 16 heavy (non-hydrogen) atoms. The summed E-state index contributed by atoms with van der Waals surface area (Å²) in [4.78, 5) is 0. The van der Waals surface area contributed by atoms with Crippen LogP contribution in [-0.4, -0.2) is 5.54 Å². The highest BCUT2D eigenvalue weighted by Crippen LogP contribution is 2.45. The van der Waals surface area contributed by atoms with Gasteiger partial charge in [0, 0.05) is 5.54 Å². The Morgan fingerprint density at radius 1 is 1.38 bits per heavy atom. The largest absolute Gasteiger partial charge is 0.325 e. The molecule has 1 atom stereocenters. The van der Waals surface area contributed by atoms with Crippen LogP contribution < -0.4 is 5.73 Å². The standard InChI is InChI=1S/C14H18FN/c15-12-5-4-10-2-1-3-11(13(10)8-12)9-14(16)6-7-14/h4-5,8,11H,1-3,6-7,9,16H2. The molecule has 2 aliphatic carbocycles. The molecule has 0 bridgehead atoms. The maximum absolute atomic E-state index is 13.3. The van der Waals surface area contributed by atoms with E-state index < -0.39 is 0 Å². The zero-order valence-corrected chi connectivity index (χ0v) is 9.51. The fraction of sp³-hybridized carbons (Fsp3) is 0.571. The minimum absolute atomic E-state index is 0.0750. The van der Waals surface area contributed by atoms with Crippen LogP contribution >= 0.6 is 0 Å². The molecule has 1 saturated carbocycles. The molecule has 1 fully saturated rings. The molecular formula is C14H18FN. The van der Waals surface area contributed by atoms with E-state index in [1.54, 1.807) is 12.1 Å². The molecule has 2 N–H and O–H groups in total. The van der Waals surface area contributed by atoms with Crippen LogP contribution in [0.15, 0.2) is 18.2 Å². The number of hydrogen-bond acceptors (Lipinski definition) is 1. The van der Waals surface area contributed by atoms with Gasteiger partial charge in [-0.15, -0.1) is 0 Å². The maximum atomic E-state index is 13.3. The lowest BCUT2D eigenvalue weighted by molar-refractivity contribution is 0.456. The zero-order chi connectivity index (χ0) is 11.2. The minimum atomic E-state index is -0.104. The average Bonchev–Trinajstić information content (AvgIpc) is 2.97. The summed E-state index contributed by atoms with van der Waals surface area (Å²) >= 11 is 0. The van der Waals surface area contributed by atoms with Gasteiger partial charge in [-0.3, -0.25) is 0 Å². The molecule has 0 saturated heterocycles. The number of halogens is 1. The summed E-state index contributed by atoms with van der Waals surface area (Å²) < 4.78 is 13.3. The number of rotatable bonds is 2. The van der Waals surface area contributed by atoms with Crippen molar-refractivity contribution in [3.8, 4) is 0 Å². The number of aryl methyl sites for hydroxylation is 1. The van der Waals surface area contributed by atoms with E-state index in [9.17, 15) is 4.39 Å². The highest BCUT2D eigenvalue weighted by Gasteiger charge is 2.41. The van der Waals surface area contributed by atoms with Gasteiger partial charge in [0.1, 0.15) is 5.82 Å². The van der Waals surface area contributed by atoms with Gasteiger partial charge < -0.3 is 5.73 Å². The van der Waals surface area contributed by atoms with Crippen LogP contribution in [0.1, 0.15) is 49.1 Å². The second-order valence-corrected chi connectivity index (χ2v) is 5.50. The SMILES string of the molecule is NC1(CC2CCCc3ccc(F)cc32)CC1. The predicted octanol–water partition coefficient (Wildman–Crippen LogP) is 3.13. The van der Waals surface area contributed by atoms with Crippen LogP contribution in [0.4, 0.5) is 4.39 Å². The first-order valence-corrected chi connectivity index (χ1v) is 6.24. The highest BCUT2D eigenvalue weighted by molar-refractivity contribution is 5.34. The Labute approximate surface area is 95.8 Å². The predicted molar refractivity (Wildman–Crippen MR) is 62.8 cm³/mol. The molecule has 0 spiro atoms. The van der Waals surface area contributed by atoms with Crippen molar-refractivity contribution >= 4 is 0 Å². The van der Waals surface area contributed by atoms with Gasteiger partial charge >= 0.3 is 0 Å². The Morgan fingerprint density at radius 2 is 2.19 bits per heavy atom. The Bertz CT molecular complexity index is 409. The van der Waals surface area contributed by atoms with Crippen LogP contribution in [0.3, 0.4) is 0 Å².